The molecule has 0 aromatic heterocycles. The van der Waals surface area contributed by atoms with Crippen molar-refractivity contribution in [2.24, 2.45) is 5.73 Å². The van der Waals surface area contributed by atoms with Crippen molar-refractivity contribution in [3.63, 3.8) is 0 Å². The van der Waals surface area contributed by atoms with Crippen LogP contribution in [0.2, 0.25) is 0 Å². The third-order valence-corrected chi connectivity index (χ3v) is 4.74. The zero-order valence-corrected chi connectivity index (χ0v) is 12.3. The van der Waals surface area contributed by atoms with Gasteiger partial charge < -0.3 is 5.73 Å². The van der Waals surface area contributed by atoms with E-state index in [2.05, 4.69) is 36.1 Å². The molecule has 3 nitrogen and oxygen atoms in total. The monoisotopic (exact) mass is 278 g/mol. The highest BCUT2D eigenvalue weighted by Crippen LogP contribution is 2.39. The Morgan fingerprint density at radius 3 is 3.00 bits per heavy atom. The number of nitrogens with zero attached hydrogens (tertiary/aromatic N) is 1. The molecule has 0 bridgehead atoms. The Hall–Kier alpha value is -1.00. The first kappa shape index (κ1) is 14.4. The standard InChI is InChI=1S/C15H22N2OS/c1-2-3-8-17(10-15(16)18)9-12-11-19-14-7-5-4-6-13(12)14/h4-7,12H,2-3,8-11H2,1H3,(H2,16,18). The van der Waals surface area contributed by atoms with Gasteiger partial charge in [-0.3, -0.25) is 9.69 Å². The second kappa shape index (κ2) is 6.96. The lowest BCUT2D eigenvalue weighted by Crippen LogP contribution is -2.37. The van der Waals surface area contributed by atoms with E-state index in [1.165, 1.54) is 10.5 Å². The summed E-state index contributed by atoms with van der Waals surface area (Å²) in [6.45, 7) is 4.45. The van der Waals surface area contributed by atoms with Gasteiger partial charge in [0.25, 0.3) is 0 Å². The number of thioether (sulfide) groups is 1. The fourth-order valence-corrected chi connectivity index (χ4v) is 3.77. The Balaban J connectivity index is 1.99. The molecule has 0 radical (unpaired) electrons. The molecule has 0 spiro atoms. The zero-order chi connectivity index (χ0) is 13.7. The van der Waals surface area contributed by atoms with Gasteiger partial charge in [-0.15, -0.1) is 11.8 Å². The summed E-state index contributed by atoms with van der Waals surface area (Å²) in [5, 5.41) is 0. The maximum atomic E-state index is 11.2. The van der Waals surface area contributed by atoms with Crippen molar-refractivity contribution in [1.29, 1.82) is 0 Å². The van der Waals surface area contributed by atoms with Gasteiger partial charge in [-0.25, -0.2) is 0 Å². The van der Waals surface area contributed by atoms with Crippen LogP contribution in [0.15, 0.2) is 29.2 Å². The maximum Gasteiger partial charge on any atom is 0.231 e. The van der Waals surface area contributed by atoms with E-state index < -0.39 is 0 Å². The number of nitrogens with two attached hydrogens (primary N) is 1. The highest BCUT2D eigenvalue weighted by Gasteiger charge is 2.25. The largest absolute Gasteiger partial charge is 0.369 e. The van der Waals surface area contributed by atoms with Crippen molar-refractivity contribution in [3.05, 3.63) is 29.8 Å². The number of primary amides is 1. The number of rotatable bonds is 7. The molecule has 2 N–H and O–H groups in total. The van der Waals surface area contributed by atoms with Gasteiger partial charge in [0.1, 0.15) is 0 Å². The summed E-state index contributed by atoms with van der Waals surface area (Å²) in [6.07, 6.45) is 2.26. The molecule has 4 heteroatoms. The quantitative estimate of drug-likeness (QED) is 0.833. The molecule has 1 aromatic rings. The lowest BCUT2D eigenvalue weighted by molar-refractivity contribution is -0.119. The molecule has 1 aliphatic heterocycles. The van der Waals surface area contributed by atoms with E-state index in [9.17, 15) is 4.79 Å². The first-order valence-electron chi connectivity index (χ1n) is 6.93. The zero-order valence-electron chi connectivity index (χ0n) is 11.5. The summed E-state index contributed by atoms with van der Waals surface area (Å²) in [7, 11) is 0. The molecule has 104 valence electrons. The Morgan fingerprint density at radius 1 is 1.47 bits per heavy atom. The number of fused-ring (bicyclic) bond motifs is 1. The van der Waals surface area contributed by atoms with Crippen LogP contribution in [-0.4, -0.2) is 36.2 Å². The molecule has 0 saturated carbocycles. The maximum absolute atomic E-state index is 11.2. The van der Waals surface area contributed by atoms with E-state index in [0.29, 0.717) is 12.5 Å². The lowest BCUT2D eigenvalue weighted by Gasteiger charge is -2.24. The highest BCUT2D eigenvalue weighted by molar-refractivity contribution is 7.99. The molecule has 1 heterocycles. The Morgan fingerprint density at radius 2 is 2.26 bits per heavy atom. The fraction of sp³-hybridized carbons (Fsp3) is 0.533. The third-order valence-electron chi connectivity index (χ3n) is 3.48. The molecule has 2 rings (SSSR count). The van der Waals surface area contributed by atoms with Crippen molar-refractivity contribution in [3.8, 4) is 0 Å². The smallest absolute Gasteiger partial charge is 0.231 e. The van der Waals surface area contributed by atoms with Crippen molar-refractivity contribution in [2.75, 3.05) is 25.4 Å². The topological polar surface area (TPSA) is 46.3 Å². The molecule has 1 atom stereocenters. The molecule has 1 aliphatic rings. The molecule has 1 amide bonds. The summed E-state index contributed by atoms with van der Waals surface area (Å²) in [4.78, 5) is 14.8. The van der Waals surface area contributed by atoms with Crippen LogP contribution in [0.1, 0.15) is 31.2 Å². The molecule has 0 aliphatic carbocycles. The van der Waals surface area contributed by atoms with E-state index in [4.69, 9.17) is 5.73 Å². The van der Waals surface area contributed by atoms with Crippen molar-refractivity contribution >= 4 is 17.7 Å². The molecule has 19 heavy (non-hydrogen) atoms. The van der Waals surface area contributed by atoms with Crippen LogP contribution in [0.4, 0.5) is 0 Å². The second-order valence-electron chi connectivity index (χ2n) is 5.10. The minimum absolute atomic E-state index is 0.227. The number of benzene rings is 1. The number of carbonyl (C=O) groups is 1. The molecule has 0 fully saturated rings. The second-order valence-corrected chi connectivity index (χ2v) is 6.16. The van der Waals surface area contributed by atoms with Crippen LogP contribution >= 0.6 is 11.8 Å². The lowest BCUT2D eigenvalue weighted by atomic mass is 10.0. The molecule has 0 saturated heterocycles. The Kier molecular flexibility index (Phi) is 5.28. The Bertz CT molecular complexity index is 436. The van der Waals surface area contributed by atoms with Crippen LogP contribution in [0.5, 0.6) is 0 Å². The molecule has 1 aromatic carbocycles. The fourth-order valence-electron chi connectivity index (χ4n) is 2.53. The predicted octanol–water partition coefficient (Wildman–Crippen LogP) is 2.46. The Labute approximate surface area is 119 Å². The minimum Gasteiger partial charge on any atom is -0.369 e. The average Bonchev–Trinajstić information content (AvgIpc) is 2.79. The normalized spacial score (nSPS) is 17.7. The number of carbonyl (C=O) groups excluding carboxylic acids is 1. The summed E-state index contributed by atoms with van der Waals surface area (Å²) in [5.41, 5.74) is 6.78. The summed E-state index contributed by atoms with van der Waals surface area (Å²) in [5.74, 6) is 1.41. The average molecular weight is 278 g/mol. The van der Waals surface area contributed by atoms with E-state index in [0.717, 1.165) is 31.7 Å². The van der Waals surface area contributed by atoms with Crippen molar-refractivity contribution < 1.29 is 4.79 Å². The molecular weight excluding hydrogens is 256 g/mol. The first-order chi connectivity index (χ1) is 9.20. The van der Waals surface area contributed by atoms with Crippen LogP contribution in [0, 0.1) is 0 Å². The third kappa shape index (κ3) is 3.98. The molecular formula is C15H22N2OS. The van der Waals surface area contributed by atoms with Gasteiger partial charge in [0.2, 0.25) is 5.91 Å². The van der Waals surface area contributed by atoms with Gasteiger partial charge in [-0.2, -0.15) is 0 Å². The van der Waals surface area contributed by atoms with Gasteiger partial charge in [0, 0.05) is 23.1 Å². The van der Waals surface area contributed by atoms with Crippen LogP contribution in [0.3, 0.4) is 0 Å². The predicted molar refractivity (Wildman–Crippen MR) is 80.4 cm³/mol. The van der Waals surface area contributed by atoms with E-state index in [1.54, 1.807) is 0 Å². The number of unbranched alkanes of at least 4 members (excludes halogenated alkanes) is 1. The van der Waals surface area contributed by atoms with Crippen molar-refractivity contribution in [1.82, 2.24) is 4.90 Å². The van der Waals surface area contributed by atoms with E-state index >= 15 is 0 Å². The van der Waals surface area contributed by atoms with E-state index in [1.807, 2.05) is 11.8 Å². The van der Waals surface area contributed by atoms with Gasteiger partial charge in [0.15, 0.2) is 0 Å². The summed E-state index contributed by atoms with van der Waals surface area (Å²) < 4.78 is 0. The minimum atomic E-state index is -0.227. The van der Waals surface area contributed by atoms with Gasteiger partial charge in [0.05, 0.1) is 6.54 Å². The summed E-state index contributed by atoms with van der Waals surface area (Å²) in [6, 6.07) is 8.58. The van der Waals surface area contributed by atoms with Gasteiger partial charge in [-0.1, -0.05) is 31.5 Å². The van der Waals surface area contributed by atoms with E-state index in [-0.39, 0.29) is 5.91 Å². The van der Waals surface area contributed by atoms with Gasteiger partial charge >= 0.3 is 0 Å². The van der Waals surface area contributed by atoms with Gasteiger partial charge in [-0.05, 0) is 24.6 Å². The van der Waals surface area contributed by atoms with Crippen molar-refractivity contribution in [2.45, 2.75) is 30.6 Å². The van der Waals surface area contributed by atoms with Crippen LogP contribution < -0.4 is 5.73 Å². The number of hydrogen-bond acceptors (Lipinski definition) is 3. The van der Waals surface area contributed by atoms with Crippen LogP contribution in [-0.2, 0) is 4.79 Å². The first-order valence-corrected chi connectivity index (χ1v) is 7.91. The number of amides is 1. The summed E-state index contributed by atoms with van der Waals surface area (Å²) >= 11 is 1.92. The SMILES string of the molecule is CCCCN(CC(N)=O)CC1CSc2ccccc21. The number of hydrogen-bond donors (Lipinski definition) is 1. The van der Waals surface area contributed by atoms with Crippen LogP contribution in [0.25, 0.3) is 0 Å². The highest BCUT2D eigenvalue weighted by atomic mass is 32.2. The molecule has 1 unspecified atom stereocenters.